The summed E-state index contributed by atoms with van der Waals surface area (Å²) in [4.78, 5) is 4.73. The lowest BCUT2D eigenvalue weighted by Gasteiger charge is -2.28. The number of hydrogen-bond donors (Lipinski definition) is 1. The lowest BCUT2D eigenvalue weighted by atomic mass is 10.1. The van der Waals surface area contributed by atoms with Crippen LogP contribution in [0.15, 0.2) is 24.3 Å². The Morgan fingerprint density at radius 2 is 1.57 bits per heavy atom. The Bertz CT molecular complexity index is 382. The molecule has 0 aliphatic heterocycles. The van der Waals surface area contributed by atoms with Crippen molar-refractivity contribution in [2.75, 3.05) is 38.6 Å². The molecule has 0 radical (unpaired) electrons. The van der Waals surface area contributed by atoms with Crippen molar-refractivity contribution in [2.45, 2.75) is 40.3 Å². The highest BCUT2D eigenvalue weighted by Crippen LogP contribution is 2.17. The van der Waals surface area contributed by atoms with E-state index in [0.717, 1.165) is 26.2 Å². The number of nitrogens with one attached hydrogen (secondary N) is 1. The van der Waals surface area contributed by atoms with E-state index in [9.17, 15) is 0 Å². The average molecular weight is 291 g/mol. The van der Waals surface area contributed by atoms with Gasteiger partial charge in [-0.2, -0.15) is 0 Å². The van der Waals surface area contributed by atoms with Gasteiger partial charge in [0.1, 0.15) is 0 Å². The maximum Gasteiger partial charge on any atom is 0.0366 e. The van der Waals surface area contributed by atoms with Crippen molar-refractivity contribution in [3.05, 3.63) is 29.8 Å². The highest BCUT2D eigenvalue weighted by Gasteiger charge is 2.09. The van der Waals surface area contributed by atoms with Crippen LogP contribution in [0.25, 0.3) is 0 Å². The molecule has 0 aliphatic rings. The third-order valence-corrected chi connectivity index (χ3v) is 3.42. The Morgan fingerprint density at radius 1 is 0.952 bits per heavy atom. The van der Waals surface area contributed by atoms with Crippen LogP contribution in [0.5, 0.6) is 0 Å². The van der Waals surface area contributed by atoms with Gasteiger partial charge in [-0.15, -0.1) is 0 Å². The Hall–Kier alpha value is -1.06. The van der Waals surface area contributed by atoms with E-state index in [1.807, 2.05) is 0 Å². The summed E-state index contributed by atoms with van der Waals surface area (Å²) in [5.41, 5.74) is 2.68. The molecular weight excluding hydrogens is 258 g/mol. The number of anilines is 1. The van der Waals surface area contributed by atoms with Crippen LogP contribution < -0.4 is 10.2 Å². The maximum atomic E-state index is 3.46. The van der Waals surface area contributed by atoms with Crippen molar-refractivity contribution in [1.29, 1.82) is 0 Å². The molecule has 0 bridgehead atoms. The van der Waals surface area contributed by atoms with Gasteiger partial charge in [-0.3, -0.25) is 0 Å². The van der Waals surface area contributed by atoms with Crippen LogP contribution in [0.4, 0.5) is 5.69 Å². The van der Waals surface area contributed by atoms with Gasteiger partial charge in [0.2, 0.25) is 0 Å². The van der Waals surface area contributed by atoms with E-state index in [0.29, 0.717) is 12.0 Å². The van der Waals surface area contributed by atoms with Crippen molar-refractivity contribution in [3.8, 4) is 0 Å². The Morgan fingerprint density at radius 3 is 2.05 bits per heavy atom. The van der Waals surface area contributed by atoms with E-state index in [-0.39, 0.29) is 0 Å². The Labute approximate surface area is 131 Å². The average Bonchev–Trinajstić information content (AvgIpc) is 2.41. The molecule has 21 heavy (non-hydrogen) atoms. The van der Waals surface area contributed by atoms with Crippen LogP contribution in [0.1, 0.15) is 33.3 Å². The highest BCUT2D eigenvalue weighted by atomic mass is 15.2. The van der Waals surface area contributed by atoms with Crippen molar-refractivity contribution in [1.82, 2.24) is 10.2 Å². The van der Waals surface area contributed by atoms with Crippen molar-refractivity contribution >= 4 is 5.69 Å². The van der Waals surface area contributed by atoms with E-state index in [1.54, 1.807) is 0 Å². The zero-order valence-electron chi connectivity index (χ0n) is 14.7. The summed E-state index contributed by atoms with van der Waals surface area (Å²) in [7, 11) is 4.27. The predicted octanol–water partition coefficient (Wildman–Crippen LogP) is 3.21. The zero-order chi connectivity index (χ0) is 15.8. The molecule has 1 rings (SSSR count). The molecular formula is C18H33N3. The predicted molar refractivity (Wildman–Crippen MR) is 94.0 cm³/mol. The number of rotatable bonds is 9. The zero-order valence-corrected chi connectivity index (χ0v) is 14.7. The molecule has 0 fully saturated rings. The molecule has 0 amide bonds. The van der Waals surface area contributed by atoms with Crippen LogP contribution in [-0.4, -0.2) is 44.7 Å². The summed E-state index contributed by atoms with van der Waals surface area (Å²) >= 11 is 0. The molecule has 0 saturated heterocycles. The minimum atomic E-state index is 0.530. The fourth-order valence-corrected chi connectivity index (χ4v) is 2.23. The first-order valence-corrected chi connectivity index (χ1v) is 8.10. The molecule has 1 N–H and O–H groups in total. The fraction of sp³-hybridized carbons (Fsp3) is 0.667. The first kappa shape index (κ1) is 18.0. The van der Waals surface area contributed by atoms with Crippen molar-refractivity contribution in [2.24, 2.45) is 5.92 Å². The molecule has 1 aromatic rings. The number of nitrogens with zero attached hydrogens (tertiary/aromatic N) is 2. The van der Waals surface area contributed by atoms with Crippen molar-refractivity contribution in [3.63, 3.8) is 0 Å². The molecule has 3 nitrogen and oxygen atoms in total. The molecule has 3 heteroatoms. The number of hydrogen-bond acceptors (Lipinski definition) is 3. The van der Waals surface area contributed by atoms with Gasteiger partial charge in [-0.05, 0) is 37.7 Å². The minimum Gasteiger partial charge on any atom is -0.370 e. The van der Waals surface area contributed by atoms with Crippen LogP contribution in [0, 0.1) is 5.92 Å². The second-order valence-electron chi connectivity index (χ2n) is 6.85. The van der Waals surface area contributed by atoms with Gasteiger partial charge in [-0.1, -0.05) is 39.8 Å². The van der Waals surface area contributed by atoms with E-state index in [1.165, 1.54) is 11.3 Å². The van der Waals surface area contributed by atoms with Crippen LogP contribution in [0.2, 0.25) is 0 Å². The van der Waals surface area contributed by atoms with Gasteiger partial charge in [0.05, 0.1) is 0 Å². The standard InChI is InChI=1S/C18H33N3/c1-15(2)14-21(12-11-20(5)6)18-9-7-17(8-10-18)13-19-16(3)4/h7-10,15-16,19H,11-14H2,1-6H3. The summed E-state index contributed by atoms with van der Waals surface area (Å²) < 4.78 is 0. The summed E-state index contributed by atoms with van der Waals surface area (Å²) in [6, 6.07) is 9.54. The normalized spacial score (nSPS) is 11.7. The first-order chi connectivity index (χ1) is 9.88. The molecule has 0 saturated carbocycles. The first-order valence-electron chi connectivity index (χ1n) is 8.10. The molecule has 120 valence electrons. The second kappa shape index (κ2) is 9.06. The Kier molecular flexibility index (Phi) is 7.76. The summed E-state index contributed by atoms with van der Waals surface area (Å²) in [5, 5.41) is 3.46. The SMILES string of the molecule is CC(C)CN(CCN(C)C)c1ccc(CNC(C)C)cc1. The van der Waals surface area contributed by atoms with Crippen LogP contribution in [0.3, 0.4) is 0 Å². The quantitative estimate of drug-likeness (QED) is 0.754. The van der Waals surface area contributed by atoms with E-state index >= 15 is 0 Å². The second-order valence-corrected chi connectivity index (χ2v) is 6.85. The van der Waals surface area contributed by atoms with Crippen LogP contribution >= 0.6 is 0 Å². The monoisotopic (exact) mass is 291 g/mol. The van der Waals surface area contributed by atoms with Gasteiger partial charge in [-0.25, -0.2) is 0 Å². The minimum absolute atomic E-state index is 0.530. The van der Waals surface area contributed by atoms with Crippen molar-refractivity contribution < 1.29 is 0 Å². The molecule has 1 aromatic carbocycles. The molecule has 0 unspecified atom stereocenters. The molecule has 0 heterocycles. The van der Waals surface area contributed by atoms with Gasteiger partial charge in [0, 0.05) is 37.9 Å². The van der Waals surface area contributed by atoms with E-state index < -0.39 is 0 Å². The maximum absolute atomic E-state index is 3.46. The lowest BCUT2D eigenvalue weighted by molar-refractivity contribution is 0.409. The van der Waals surface area contributed by atoms with Crippen LogP contribution in [-0.2, 0) is 6.54 Å². The van der Waals surface area contributed by atoms with Gasteiger partial charge < -0.3 is 15.1 Å². The summed E-state index contributed by atoms with van der Waals surface area (Å²) in [6.07, 6.45) is 0. The fourth-order valence-electron chi connectivity index (χ4n) is 2.23. The third-order valence-electron chi connectivity index (χ3n) is 3.42. The summed E-state index contributed by atoms with van der Waals surface area (Å²) in [6.45, 7) is 13.1. The van der Waals surface area contributed by atoms with Gasteiger partial charge in [0.25, 0.3) is 0 Å². The highest BCUT2D eigenvalue weighted by molar-refractivity contribution is 5.47. The van der Waals surface area contributed by atoms with Gasteiger partial charge in [0.15, 0.2) is 0 Å². The summed E-state index contributed by atoms with van der Waals surface area (Å²) in [5.74, 6) is 0.675. The van der Waals surface area contributed by atoms with Gasteiger partial charge >= 0.3 is 0 Å². The van der Waals surface area contributed by atoms with E-state index in [4.69, 9.17) is 0 Å². The smallest absolute Gasteiger partial charge is 0.0366 e. The molecule has 0 aliphatic carbocycles. The number of likely N-dealkylation sites (N-methyl/N-ethyl adjacent to an activating group) is 1. The topological polar surface area (TPSA) is 18.5 Å². The molecule has 0 atom stereocenters. The lowest BCUT2D eigenvalue weighted by Crippen LogP contribution is -2.34. The molecule has 0 aromatic heterocycles. The Balaban J connectivity index is 2.68. The molecule has 0 spiro atoms. The van der Waals surface area contributed by atoms with E-state index in [2.05, 4.69) is 81.2 Å². The third kappa shape index (κ3) is 7.49. The number of benzene rings is 1. The largest absolute Gasteiger partial charge is 0.370 e.